The minimum absolute atomic E-state index is 0.159. The fourth-order valence-corrected chi connectivity index (χ4v) is 3.31. The Bertz CT molecular complexity index is 608. The van der Waals surface area contributed by atoms with Crippen LogP contribution in [0.15, 0.2) is 22.2 Å². The second-order valence-corrected chi connectivity index (χ2v) is 6.22. The van der Waals surface area contributed by atoms with E-state index in [-0.39, 0.29) is 18.9 Å². The van der Waals surface area contributed by atoms with Crippen molar-refractivity contribution in [2.45, 2.75) is 19.8 Å². The first-order valence-corrected chi connectivity index (χ1v) is 8.39. The minimum Gasteiger partial charge on any atom is -0.481 e. The molecule has 2 aromatic rings. The van der Waals surface area contributed by atoms with Crippen molar-refractivity contribution in [3.05, 3.63) is 27.9 Å². The van der Waals surface area contributed by atoms with Crippen LogP contribution < -0.4 is 5.32 Å². The quantitative estimate of drug-likeness (QED) is 0.820. The van der Waals surface area contributed by atoms with Crippen LogP contribution in [0.1, 0.15) is 19.0 Å². The Morgan fingerprint density at radius 1 is 1.43 bits per heavy atom. The summed E-state index contributed by atoms with van der Waals surface area (Å²) in [6.07, 6.45) is 0.672. The van der Waals surface area contributed by atoms with Crippen molar-refractivity contribution in [1.82, 2.24) is 10.3 Å². The van der Waals surface area contributed by atoms with Crippen LogP contribution in [-0.2, 0) is 16.0 Å². The Balaban J connectivity index is 1.87. The summed E-state index contributed by atoms with van der Waals surface area (Å²) in [7, 11) is 0. The number of thiophene rings is 1. The number of nitrogens with one attached hydrogen (secondary N) is 1. The third-order valence-corrected chi connectivity index (χ3v) is 4.67. The molecule has 7 heteroatoms. The van der Waals surface area contributed by atoms with E-state index in [0.717, 1.165) is 10.6 Å². The number of amides is 1. The van der Waals surface area contributed by atoms with Gasteiger partial charge in [-0.3, -0.25) is 9.59 Å². The molecule has 0 saturated heterocycles. The lowest BCUT2D eigenvalue weighted by atomic mass is 10.1. The Labute approximate surface area is 130 Å². The third-order valence-electron chi connectivity index (χ3n) is 3.05. The summed E-state index contributed by atoms with van der Waals surface area (Å²) in [4.78, 5) is 27.1. The maximum atomic E-state index is 11.8. The van der Waals surface area contributed by atoms with Crippen LogP contribution in [0, 0.1) is 5.92 Å². The van der Waals surface area contributed by atoms with E-state index in [1.54, 1.807) is 18.3 Å². The number of carboxylic acids is 1. The zero-order valence-electron chi connectivity index (χ0n) is 11.5. The van der Waals surface area contributed by atoms with Gasteiger partial charge in [-0.15, -0.1) is 11.3 Å². The predicted octanol–water partition coefficient (Wildman–Crippen LogP) is 2.64. The molecule has 2 N–H and O–H groups in total. The number of thiazole rings is 1. The van der Waals surface area contributed by atoms with E-state index in [1.807, 2.05) is 22.2 Å². The molecule has 0 aliphatic rings. The molecule has 0 bridgehead atoms. The fourth-order valence-electron chi connectivity index (χ4n) is 1.78. The topological polar surface area (TPSA) is 79.3 Å². The third kappa shape index (κ3) is 4.37. The van der Waals surface area contributed by atoms with Crippen molar-refractivity contribution in [1.29, 1.82) is 0 Å². The molecule has 0 fully saturated rings. The van der Waals surface area contributed by atoms with Crippen molar-refractivity contribution in [2.75, 3.05) is 6.54 Å². The summed E-state index contributed by atoms with van der Waals surface area (Å²) in [6, 6.07) is 1.99. The molecule has 21 heavy (non-hydrogen) atoms. The van der Waals surface area contributed by atoms with Gasteiger partial charge in [0.05, 0.1) is 18.0 Å². The SMILES string of the molecule is CCC(CNC(=O)Cc1csc(-c2ccsc2)n1)C(=O)O. The Morgan fingerprint density at radius 3 is 2.86 bits per heavy atom. The van der Waals surface area contributed by atoms with Gasteiger partial charge in [-0.05, 0) is 17.9 Å². The lowest BCUT2D eigenvalue weighted by molar-refractivity contribution is -0.141. The highest BCUT2D eigenvalue weighted by molar-refractivity contribution is 7.14. The first-order valence-electron chi connectivity index (χ1n) is 6.56. The molecule has 5 nitrogen and oxygen atoms in total. The molecule has 2 heterocycles. The molecule has 112 valence electrons. The van der Waals surface area contributed by atoms with E-state index in [0.29, 0.717) is 12.1 Å². The van der Waals surface area contributed by atoms with Gasteiger partial charge >= 0.3 is 5.97 Å². The number of carboxylic acid groups (broad SMARTS) is 1. The van der Waals surface area contributed by atoms with Crippen LogP contribution in [-0.4, -0.2) is 28.5 Å². The summed E-state index contributed by atoms with van der Waals surface area (Å²) < 4.78 is 0. The highest BCUT2D eigenvalue weighted by Gasteiger charge is 2.16. The zero-order valence-corrected chi connectivity index (χ0v) is 13.2. The van der Waals surface area contributed by atoms with Gasteiger partial charge in [-0.2, -0.15) is 11.3 Å². The molecular weight excluding hydrogens is 308 g/mol. The number of aromatic nitrogens is 1. The number of hydrogen-bond donors (Lipinski definition) is 2. The van der Waals surface area contributed by atoms with Gasteiger partial charge in [-0.1, -0.05) is 6.92 Å². The molecule has 0 aliphatic heterocycles. The predicted molar refractivity (Wildman–Crippen MR) is 83.6 cm³/mol. The summed E-state index contributed by atoms with van der Waals surface area (Å²) in [6.45, 7) is 1.95. The van der Waals surface area contributed by atoms with Crippen LogP contribution >= 0.6 is 22.7 Å². The van der Waals surface area contributed by atoms with E-state index < -0.39 is 11.9 Å². The van der Waals surface area contributed by atoms with E-state index >= 15 is 0 Å². The smallest absolute Gasteiger partial charge is 0.308 e. The van der Waals surface area contributed by atoms with Gasteiger partial charge in [0.25, 0.3) is 0 Å². The number of carbonyl (C=O) groups is 2. The van der Waals surface area contributed by atoms with Crippen molar-refractivity contribution < 1.29 is 14.7 Å². The molecule has 0 spiro atoms. The van der Waals surface area contributed by atoms with Gasteiger partial charge < -0.3 is 10.4 Å². The van der Waals surface area contributed by atoms with Crippen LogP contribution in [0.5, 0.6) is 0 Å². The standard InChI is InChI=1S/C14H16N2O3S2/c1-2-9(14(18)19)6-15-12(17)5-11-8-21-13(16-11)10-3-4-20-7-10/h3-4,7-9H,2,5-6H2,1H3,(H,15,17)(H,18,19). The number of nitrogens with zero attached hydrogens (tertiary/aromatic N) is 1. The normalized spacial score (nSPS) is 12.0. The van der Waals surface area contributed by atoms with Gasteiger partial charge in [0.15, 0.2) is 0 Å². The molecule has 0 radical (unpaired) electrons. The lowest BCUT2D eigenvalue weighted by Crippen LogP contribution is -2.33. The van der Waals surface area contributed by atoms with Crippen LogP contribution in [0.3, 0.4) is 0 Å². The molecule has 0 saturated carbocycles. The van der Waals surface area contributed by atoms with E-state index in [9.17, 15) is 9.59 Å². The summed E-state index contributed by atoms with van der Waals surface area (Å²) in [5.74, 6) is -1.62. The van der Waals surface area contributed by atoms with Gasteiger partial charge in [0.1, 0.15) is 5.01 Å². The Kier molecular flexibility index (Phi) is 5.46. The van der Waals surface area contributed by atoms with Gasteiger partial charge in [0.2, 0.25) is 5.91 Å². The van der Waals surface area contributed by atoms with E-state index in [4.69, 9.17) is 5.11 Å². The van der Waals surface area contributed by atoms with Crippen LogP contribution in [0.4, 0.5) is 0 Å². The summed E-state index contributed by atoms with van der Waals surface area (Å²) in [5, 5.41) is 18.3. The Morgan fingerprint density at radius 2 is 2.24 bits per heavy atom. The van der Waals surface area contributed by atoms with Crippen molar-refractivity contribution in [3.8, 4) is 10.6 Å². The maximum Gasteiger partial charge on any atom is 0.308 e. The second-order valence-electron chi connectivity index (χ2n) is 4.58. The first-order chi connectivity index (χ1) is 10.1. The molecule has 0 aromatic carbocycles. The largest absolute Gasteiger partial charge is 0.481 e. The van der Waals surface area contributed by atoms with Crippen LogP contribution in [0.2, 0.25) is 0 Å². The lowest BCUT2D eigenvalue weighted by Gasteiger charge is -2.10. The first kappa shape index (κ1) is 15.7. The number of carbonyl (C=O) groups excluding carboxylic acids is 1. The number of rotatable bonds is 7. The molecule has 1 amide bonds. The Hall–Kier alpha value is -1.73. The molecular formula is C14H16N2O3S2. The molecule has 0 aliphatic carbocycles. The van der Waals surface area contributed by atoms with Gasteiger partial charge in [0, 0.05) is 22.9 Å². The van der Waals surface area contributed by atoms with Crippen molar-refractivity contribution in [3.63, 3.8) is 0 Å². The van der Waals surface area contributed by atoms with E-state index in [1.165, 1.54) is 11.3 Å². The maximum absolute atomic E-state index is 11.8. The molecule has 2 aromatic heterocycles. The molecule has 1 atom stereocenters. The van der Waals surface area contributed by atoms with Crippen LogP contribution in [0.25, 0.3) is 10.6 Å². The van der Waals surface area contributed by atoms with Gasteiger partial charge in [-0.25, -0.2) is 4.98 Å². The second kappa shape index (κ2) is 7.33. The molecule has 1 unspecified atom stereocenters. The number of aliphatic carboxylic acids is 1. The van der Waals surface area contributed by atoms with Crippen molar-refractivity contribution in [2.24, 2.45) is 5.92 Å². The van der Waals surface area contributed by atoms with Crippen molar-refractivity contribution >= 4 is 34.6 Å². The monoisotopic (exact) mass is 324 g/mol. The molecule has 2 rings (SSSR count). The highest BCUT2D eigenvalue weighted by atomic mass is 32.1. The summed E-state index contributed by atoms with van der Waals surface area (Å²) in [5.41, 5.74) is 1.77. The average Bonchev–Trinajstić information content (AvgIpc) is 3.09. The minimum atomic E-state index is -0.883. The average molecular weight is 324 g/mol. The number of hydrogen-bond acceptors (Lipinski definition) is 5. The highest BCUT2D eigenvalue weighted by Crippen LogP contribution is 2.25. The van der Waals surface area contributed by atoms with E-state index in [2.05, 4.69) is 10.3 Å². The fraction of sp³-hybridized carbons (Fsp3) is 0.357. The zero-order chi connectivity index (χ0) is 15.2. The summed E-state index contributed by atoms with van der Waals surface area (Å²) >= 11 is 3.11.